The summed E-state index contributed by atoms with van der Waals surface area (Å²) in [5.74, 6) is 0.509. The zero-order chi connectivity index (χ0) is 13.9. The van der Waals surface area contributed by atoms with Gasteiger partial charge in [0.1, 0.15) is 5.78 Å². The molecule has 1 aliphatic carbocycles. The van der Waals surface area contributed by atoms with Gasteiger partial charge in [0, 0.05) is 18.6 Å². The molecular formula is C15H20O3S. The van der Waals surface area contributed by atoms with Crippen molar-refractivity contribution in [1.29, 1.82) is 0 Å². The first kappa shape index (κ1) is 14.3. The number of rotatable bonds is 4. The lowest BCUT2D eigenvalue weighted by Crippen LogP contribution is -2.19. The number of sulfone groups is 1. The molecule has 1 aromatic rings. The van der Waals surface area contributed by atoms with E-state index < -0.39 is 9.84 Å². The fourth-order valence-electron chi connectivity index (χ4n) is 2.62. The SMILES string of the molecule is CS(=O)(=O)c1ccc(CC(=O)C2CCCCC2)cc1. The van der Waals surface area contributed by atoms with E-state index in [9.17, 15) is 13.2 Å². The van der Waals surface area contributed by atoms with Gasteiger partial charge in [-0.25, -0.2) is 8.42 Å². The summed E-state index contributed by atoms with van der Waals surface area (Å²) in [4.78, 5) is 12.4. The molecule has 0 atom stereocenters. The van der Waals surface area contributed by atoms with Crippen LogP contribution in [-0.4, -0.2) is 20.5 Å². The van der Waals surface area contributed by atoms with E-state index in [0.29, 0.717) is 17.1 Å². The van der Waals surface area contributed by atoms with Gasteiger partial charge in [-0.3, -0.25) is 4.79 Å². The molecule has 1 fully saturated rings. The normalized spacial score (nSPS) is 17.3. The topological polar surface area (TPSA) is 51.2 Å². The average Bonchev–Trinajstić information content (AvgIpc) is 2.39. The van der Waals surface area contributed by atoms with Crippen LogP contribution in [0.15, 0.2) is 29.2 Å². The van der Waals surface area contributed by atoms with Crippen molar-refractivity contribution in [2.75, 3.05) is 6.26 Å². The Morgan fingerprint density at radius 1 is 1.11 bits per heavy atom. The smallest absolute Gasteiger partial charge is 0.175 e. The molecular weight excluding hydrogens is 260 g/mol. The Hall–Kier alpha value is -1.16. The lowest BCUT2D eigenvalue weighted by Gasteiger charge is -2.20. The Balaban J connectivity index is 2.01. The summed E-state index contributed by atoms with van der Waals surface area (Å²) in [6.07, 6.45) is 7.20. The summed E-state index contributed by atoms with van der Waals surface area (Å²) in [6.45, 7) is 0. The summed E-state index contributed by atoms with van der Waals surface area (Å²) < 4.78 is 22.7. The monoisotopic (exact) mass is 280 g/mol. The molecule has 0 aromatic heterocycles. The minimum absolute atomic E-state index is 0.211. The van der Waals surface area contributed by atoms with Crippen molar-refractivity contribution >= 4 is 15.6 Å². The fraction of sp³-hybridized carbons (Fsp3) is 0.533. The summed E-state index contributed by atoms with van der Waals surface area (Å²) in [5, 5.41) is 0. The third-order valence-corrected chi connectivity index (χ3v) is 4.92. The maximum atomic E-state index is 12.1. The van der Waals surface area contributed by atoms with Gasteiger partial charge >= 0.3 is 0 Å². The molecule has 0 N–H and O–H groups in total. The van der Waals surface area contributed by atoms with Crippen LogP contribution in [0.3, 0.4) is 0 Å². The second-order valence-corrected chi connectivity index (χ2v) is 7.41. The standard InChI is InChI=1S/C15H20O3S/c1-19(17,18)14-9-7-12(8-10-14)11-15(16)13-5-3-2-4-6-13/h7-10,13H,2-6,11H2,1H3. The van der Waals surface area contributed by atoms with Crippen molar-refractivity contribution in [2.45, 2.75) is 43.4 Å². The average molecular weight is 280 g/mol. The van der Waals surface area contributed by atoms with E-state index in [1.165, 1.54) is 12.7 Å². The van der Waals surface area contributed by atoms with Gasteiger partial charge in [0.25, 0.3) is 0 Å². The molecule has 0 unspecified atom stereocenters. The molecule has 1 aromatic carbocycles. The Labute approximate surface area is 114 Å². The minimum atomic E-state index is -3.15. The number of ketones is 1. The minimum Gasteiger partial charge on any atom is -0.299 e. The van der Waals surface area contributed by atoms with Crippen LogP contribution in [0.5, 0.6) is 0 Å². The van der Waals surface area contributed by atoms with Crippen LogP contribution in [0.1, 0.15) is 37.7 Å². The molecule has 0 radical (unpaired) electrons. The largest absolute Gasteiger partial charge is 0.299 e. The first-order chi connectivity index (χ1) is 8.97. The molecule has 0 aliphatic heterocycles. The van der Waals surface area contributed by atoms with Crippen LogP contribution in [0, 0.1) is 5.92 Å². The molecule has 1 saturated carbocycles. The Morgan fingerprint density at radius 2 is 1.68 bits per heavy atom. The second kappa shape index (κ2) is 5.87. The van der Waals surface area contributed by atoms with Crippen LogP contribution < -0.4 is 0 Å². The Bertz CT molecular complexity index is 537. The van der Waals surface area contributed by atoms with E-state index in [1.54, 1.807) is 24.3 Å². The molecule has 0 saturated heterocycles. The van der Waals surface area contributed by atoms with Crippen LogP contribution in [0.25, 0.3) is 0 Å². The third-order valence-electron chi connectivity index (χ3n) is 3.79. The highest BCUT2D eigenvalue weighted by atomic mass is 32.2. The predicted molar refractivity (Wildman–Crippen MR) is 74.8 cm³/mol. The summed E-state index contributed by atoms with van der Waals surface area (Å²) in [5.41, 5.74) is 0.906. The zero-order valence-electron chi connectivity index (χ0n) is 11.3. The van der Waals surface area contributed by atoms with Crippen LogP contribution >= 0.6 is 0 Å². The van der Waals surface area contributed by atoms with Crippen molar-refractivity contribution < 1.29 is 13.2 Å². The zero-order valence-corrected chi connectivity index (χ0v) is 12.1. The number of hydrogen-bond donors (Lipinski definition) is 0. The number of benzene rings is 1. The molecule has 2 rings (SSSR count). The van der Waals surface area contributed by atoms with E-state index in [2.05, 4.69) is 0 Å². The quantitative estimate of drug-likeness (QED) is 0.852. The van der Waals surface area contributed by atoms with Gasteiger partial charge < -0.3 is 0 Å². The van der Waals surface area contributed by atoms with Gasteiger partial charge in [-0.2, -0.15) is 0 Å². The fourth-order valence-corrected chi connectivity index (χ4v) is 3.26. The van der Waals surface area contributed by atoms with Crippen molar-refractivity contribution in [3.05, 3.63) is 29.8 Å². The maximum absolute atomic E-state index is 12.1. The van der Waals surface area contributed by atoms with E-state index >= 15 is 0 Å². The number of hydrogen-bond acceptors (Lipinski definition) is 3. The molecule has 3 nitrogen and oxygen atoms in total. The molecule has 0 spiro atoms. The predicted octanol–water partition coefficient (Wildman–Crippen LogP) is 2.78. The molecule has 104 valence electrons. The molecule has 19 heavy (non-hydrogen) atoms. The van der Waals surface area contributed by atoms with E-state index in [0.717, 1.165) is 31.2 Å². The number of carbonyl (C=O) groups excluding carboxylic acids is 1. The molecule has 0 amide bonds. The lowest BCUT2D eigenvalue weighted by molar-refractivity contribution is -0.123. The van der Waals surface area contributed by atoms with Gasteiger partial charge in [-0.05, 0) is 30.5 Å². The second-order valence-electron chi connectivity index (χ2n) is 5.39. The summed E-state index contributed by atoms with van der Waals surface area (Å²) >= 11 is 0. The highest BCUT2D eigenvalue weighted by Crippen LogP contribution is 2.25. The Kier molecular flexibility index (Phi) is 4.40. The molecule has 0 bridgehead atoms. The molecule has 0 heterocycles. The van der Waals surface area contributed by atoms with Crippen molar-refractivity contribution in [3.63, 3.8) is 0 Å². The highest BCUT2D eigenvalue weighted by molar-refractivity contribution is 7.90. The van der Waals surface area contributed by atoms with Crippen LogP contribution in [0.2, 0.25) is 0 Å². The Morgan fingerprint density at radius 3 is 2.21 bits per heavy atom. The maximum Gasteiger partial charge on any atom is 0.175 e. The van der Waals surface area contributed by atoms with E-state index in [4.69, 9.17) is 0 Å². The first-order valence-corrected chi connectivity index (χ1v) is 8.67. The summed E-state index contributed by atoms with van der Waals surface area (Å²) in [7, 11) is -3.15. The first-order valence-electron chi connectivity index (χ1n) is 6.78. The van der Waals surface area contributed by atoms with Gasteiger partial charge in [0.15, 0.2) is 9.84 Å². The number of carbonyl (C=O) groups is 1. The molecule has 4 heteroatoms. The van der Waals surface area contributed by atoms with Crippen LogP contribution in [0.4, 0.5) is 0 Å². The van der Waals surface area contributed by atoms with Gasteiger partial charge in [0.05, 0.1) is 4.90 Å². The van der Waals surface area contributed by atoms with Crippen molar-refractivity contribution in [1.82, 2.24) is 0 Å². The number of Topliss-reactive ketones (excluding diaryl/α,β-unsaturated/α-hetero) is 1. The van der Waals surface area contributed by atoms with Crippen molar-refractivity contribution in [3.8, 4) is 0 Å². The summed E-state index contributed by atoms with van der Waals surface area (Å²) in [6, 6.07) is 6.66. The molecule has 1 aliphatic rings. The van der Waals surface area contributed by atoms with Crippen molar-refractivity contribution in [2.24, 2.45) is 5.92 Å². The van der Waals surface area contributed by atoms with Gasteiger partial charge in [0.2, 0.25) is 0 Å². The van der Waals surface area contributed by atoms with Crippen LogP contribution in [-0.2, 0) is 21.1 Å². The highest BCUT2D eigenvalue weighted by Gasteiger charge is 2.21. The van der Waals surface area contributed by atoms with Gasteiger partial charge in [-0.1, -0.05) is 31.4 Å². The van der Waals surface area contributed by atoms with E-state index in [1.807, 2.05) is 0 Å². The third kappa shape index (κ3) is 3.90. The lowest BCUT2D eigenvalue weighted by atomic mass is 9.84. The van der Waals surface area contributed by atoms with Gasteiger partial charge in [-0.15, -0.1) is 0 Å². The van der Waals surface area contributed by atoms with E-state index in [-0.39, 0.29) is 5.92 Å².